The standard InChI is InChI=1S/C23H24N4O4S/c1-3-4-7-10-32-23-25-22(28)19-15-8-5-6-9-16(15)24-21(27(19)26-23)14-11-17(29-2)20-18(12-14)30-13-31-20/h5-6,8-9,11-12,21H,3-4,7,10,13H2,1-2H3,(H,25,26,28)/t21-/m0/s1. The zero-order valence-electron chi connectivity index (χ0n) is 18.0. The van der Waals surface area contributed by atoms with Crippen LogP contribution in [0, 0.1) is 0 Å². The Morgan fingerprint density at radius 2 is 2.12 bits per heavy atom. The molecule has 9 heteroatoms. The van der Waals surface area contributed by atoms with Crippen LogP contribution in [0.1, 0.15) is 37.9 Å². The van der Waals surface area contributed by atoms with Crippen LogP contribution < -0.4 is 30.1 Å². The highest BCUT2D eigenvalue weighted by atomic mass is 32.2. The SMILES string of the molecule is CCCCCSC1=NN2C(=c3ccccc3=N[C@@H]2c2cc(OC)c3c(c2)OCO3)C(=O)N1. The maximum absolute atomic E-state index is 13.2. The van der Waals surface area contributed by atoms with Crippen molar-refractivity contribution in [3.63, 3.8) is 0 Å². The van der Waals surface area contributed by atoms with Gasteiger partial charge in [0.15, 0.2) is 22.8 Å². The van der Waals surface area contributed by atoms with E-state index in [1.54, 1.807) is 23.9 Å². The van der Waals surface area contributed by atoms with Crippen molar-refractivity contribution in [2.75, 3.05) is 19.7 Å². The summed E-state index contributed by atoms with van der Waals surface area (Å²) < 4.78 is 16.7. The Morgan fingerprint density at radius 1 is 1.25 bits per heavy atom. The van der Waals surface area contributed by atoms with E-state index in [0.29, 0.717) is 28.1 Å². The summed E-state index contributed by atoms with van der Waals surface area (Å²) in [6.07, 6.45) is 2.83. The highest BCUT2D eigenvalue weighted by molar-refractivity contribution is 8.13. The van der Waals surface area contributed by atoms with Crippen LogP contribution in [-0.4, -0.2) is 35.7 Å². The van der Waals surface area contributed by atoms with Crippen LogP contribution in [0.25, 0.3) is 5.70 Å². The number of rotatable bonds is 6. The van der Waals surface area contributed by atoms with Gasteiger partial charge in [0.25, 0.3) is 5.91 Å². The molecule has 0 bridgehead atoms. The van der Waals surface area contributed by atoms with E-state index in [2.05, 4.69) is 12.2 Å². The maximum atomic E-state index is 13.2. The minimum absolute atomic E-state index is 0.139. The summed E-state index contributed by atoms with van der Waals surface area (Å²) in [7, 11) is 1.59. The predicted octanol–water partition coefficient (Wildman–Crippen LogP) is 2.49. The van der Waals surface area contributed by atoms with Crippen molar-refractivity contribution < 1.29 is 19.0 Å². The third-order valence-electron chi connectivity index (χ3n) is 5.48. The first kappa shape index (κ1) is 20.7. The van der Waals surface area contributed by atoms with Gasteiger partial charge in [-0.05, 0) is 24.6 Å². The number of hydrazone groups is 1. The second-order valence-corrected chi connectivity index (χ2v) is 8.67. The normalized spacial score (nSPS) is 18.4. The van der Waals surface area contributed by atoms with E-state index < -0.39 is 6.17 Å². The van der Waals surface area contributed by atoms with Crippen LogP contribution in [0.3, 0.4) is 0 Å². The Bertz CT molecular complexity index is 1210. The zero-order valence-corrected chi connectivity index (χ0v) is 18.8. The van der Waals surface area contributed by atoms with Gasteiger partial charge in [-0.3, -0.25) is 15.1 Å². The number of hydrogen-bond donors (Lipinski definition) is 1. The molecule has 0 spiro atoms. The lowest BCUT2D eigenvalue weighted by Crippen LogP contribution is -2.50. The molecule has 0 aromatic heterocycles. The summed E-state index contributed by atoms with van der Waals surface area (Å²) in [4.78, 5) is 18.1. The third kappa shape index (κ3) is 3.66. The summed E-state index contributed by atoms with van der Waals surface area (Å²) in [5.74, 6) is 2.44. The fourth-order valence-electron chi connectivity index (χ4n) is 3.93. The Hall–Kier alpha value is -3.20. The lowest BCUT2D eigenvalue weighted by molar-refractivity contribution is -0.116. The largest absolute Gasteiger partial charge is 0.493 e. The average molecular weight is 453 g/mol. The molecule has 0 saturated heterocycles. The van der Waals surface area contributed by atoms with Gasteiger partial charge in [0.05, 0.1) is 12.5 Å². The fourth-order valence-corrected chi connectivity index (χ4v) is 4.78. The lowest BCUT2D eigenvalue weighted by atomic mass is 10.1. The first-order valence-electron chi connectivity index (χ1n) is 10.7. The quantitative estimate of drug-likeness (QED) is 0.678. The molecule has 0 unspecified atom stereocenters. The van der Waals surface area contributed by atoms with Crippen LogP contribution in [0.5, 0.6) is 17.2 Å². The number of methoxy groups -OCH3 is 1. The maximum Gasteiger partial charge on any atom is 0.276 e. The van der Waals surface area contributed by atoms with Gasteiger partial charge in [-0.1, -0.05) is 49.7 Å². The number of fused-ring (bicyclic) bond motifs is 3. The van der Waals surface area contributed by atoms with E-state index in [9.17, 15) is 4.79 Å². The van der Waals surface area contributed by atoms with E-state index >= 15 is 0 Å². The molecule has 3 heterocycles. The monoisotopic (exact) mass is 452 g/mol. The summed E-state index contributed by atoms with van der Waals surface area (Å²) >= 11 is 1.56. The molecule has 2 aromatic carbocycles. The van der Waals surface area contributed by atoms with E-state index in [0.717, 1.165) is 41.2 Å². The molecule has 0 aliphatic carbocycles. The first-order valence-corrected chi connectivity index (χ1v) is 11.6. The molecule has 0 fully saturated rings. The number of nitrogens with zero attached hydrogens (tertiary/aromatic N) is 3. The van der Waals surface area contributed by atoms with Crippen LogP contribution in [0.4, 0.5) is 0 Å². The highest BCUT2D eigenvalue weighted by Gasteiger charge is 2.35. The molecule has 3 aliphatic heterocycles. The molecule has 2 aromatic rings. The molecule has 32 heavy (non-hydrogen) atoms. The molecule has 5 rings (SSSR count). The van der Waals surface area contributed by atoms with Crippen molar-refractivity contribution in [2.45, 2.75) is 32.4 Å². The van der Waals surface area contributed by atoms with E-state index in [4.69, 9.17) is 24.3 Å². The Labute approximate surface area is 189 Å². The van der Waals surface area contributed by atoms with E-state index in [1.807, 2.05) is 36.4 Å². The Morgan fingerprint density at radius 3 is 2.97 bits per heavy atom. The number of carbonyl (C=O) groups is 1. The number of para-hydroxylation sites is 1. The minimum Gasteiger partial charge on any atom is -0.493 e. The average Bonchev–Trinajstić information content (AvgIpc) is 3.29. The van der Waals surface area contributed by atoms with Gasteiger partial charge in [0.2, 0.25) is 12.5 Å². The van der Waals surface area contributed by atoms with Crippen molar-refractivity contribution in [3.05, 3.63) is 52.5 Å². The third-order valence-corrected chi connectivity index (χ3v) is 6.43. The molecular weight excluding hydrogens is 428 g/mol. The van der Waals surface area contributed by atoms with Crippen molar-refractivity contribution in [3.8, 4) is 17.2 Å². The van der Waals surface area contributed by atoms with E-state index in [-0.39, 0.29) is 12.7 Å². The second-order valence-electron chi connectivity index (χ2n) is 7.58. The predicted molar refractivity (Wildman–Crippen MR) is 122 cm³/mol. The van der Waals surface area contributed by atoms with Crippen LogP contribution in [-0.2, 0) is 4.79 Å². The van der Waals surface area contributed by atoms with Crippen molar-refractivity contribution in [1.82, 2.24) is 10.3 Å². The van der Waals surface area contributed by atoms with Gasteiger partial charge in [-0.15, -0.1) is 5.10 Å². The number of amides is 1. The van der Waals surface area contributed by atoms with Gasteiger partial charge in [0, 0.05) is 16.5 Å². The number of carbonyl (C=O) groups excluding carboxylic acids is 1. The van der Waals surface area contributed by atoms with Crippen molar-refractivity contribution in [2.24, 2.45) is 10.1 Å². The van der Waals surface area contributed by atoms with Crippen LogP contribution >= 0.6 is 11.8 Å². The molecular formula is C23H24N4O4S. The Balaban J connectivity index is 1.60. The molecule has 1 atom stereocenters. The number of amidine groups is 1. The smallest absolute Gasteiger partial charge is 0.276 e. The van der Waals surface area contributed by atoms with Gasteiger partial charge in [-0.2, -0.15) is 0 Å². The molecule has 1 amide bonds. The van der Waals surface area contributed by atoms with Gasteiger partial charge in [-0.25, -0.2) is 5.01 Å². The van der Waals surface area contributed by atoms with Crippen LogP contribution in [0.15, 0.2) is 46.5 Å². The minimum atomic E-state index is -0.541. The number of benzene rings is 2. The van der Waals surface area contributed by atoms with E-state index in [1.165, 1.54) is 0 Å². The molecule has 0 radical (unpaired) electrons. The zero-order chi connectivity index (χ0) is 22.1. The van der Waals surface area contributed by atoms with Crippen molar-refractivity contribution >= 4 is 28.5 Å². The van der Waals surface area contributed by atoms with Crippen LogP contribution in [0.2, 0.25) is 0 Å². The lowest BCUT2D eigenvalue weighted by Gasteiger charge is -2.34. The van der Waals surface area contributed by atoms with Gasteiger partial charge >= 0.3 is 0 Å². The highest BCUT2D eigenvalue weighted by Crippen LogP contribution is 2.44. The molecule has 166 valence electrons. The number of hydrogen-bond acceptors (Lipinski definition) is 8. The number of ether oxygens (including phenoxy) is 3. The molecule has 3 aliphatic rings. The topological polar surface area (TPSA) is 84.8 Å². The van der Waals surface area contributed by atoms with Gasteiger partial charge in [0.1, 0.15) is 5.70 Å². The summed E-state index contributed by atoms with van der Waals surface area (Å²) in [5, 5.41) is 11.5. The summed E-state index contributed by atoms with van der Waals surface area (Å²) in [6.45, 7) is 2.31. The Kier molecular flexibility index (Phi) is 5.65. The fraction of sp³-hybridized carbons (Fsp3) is 0.348. The number of nitrogens with one attached hydrogen (secondary N) is 1. The first-order chi connectivity index (χ1) is 15.7. The number of unbranched alkanes of at least 4 members (excludes halogenated alkanes) is 2. The molecule has 0 saturated carbocycles. The van der Waals surface area contributed by atoms with Crippen molar-refractivity contribution in [1.29, 1.82) is 0 Å². The molecule has 1 N–H and O–H groups in total. The second kappa shape index (κ2) is 8.74. The molecule has 8 nitrogen and oxygen atoms in total. The summed E-state index contributed by atoms with van der Waals surface area (Å²) in [6, 6.07) is 11.4. The van der Waals surface area contributed by atoms with Gasteiger partial charge < -0.3 is 14.2 Å². The number of thioether (sulfide) groups is 1. The summed E-state index contributed by atoms with van der Waals surface area (Å²) in [5.41, 5.74) is 1.28.